The van der Waals surface area contributed by atoms with Crippen molar-refractivity contribution in [2.24, 2.45) is 5.73 Å². The first-order chi connectivity index (χ1) is 11.2. The second-order valence-corrected chi connectivity index (χ2v) is 7.50. The number of rotatable bonds is 4. The predicted octanol–water partition coefficient (Wildman–Crippen LogP) is 2.16. The fourth-order valence-corrected chi connectivity index (χ4v) is 3.31. The summed E-state index contributed by atoms with van der Waals surface area (Å²) in [5.74, 6) is 1.73. The maximum Gasteiger partial charge on any atom is 0.252 e. The van der Waals surface area contributed by atoms with E-state index < -0.39 is 0 Å². The molecule has 0 bridgehead atoms. The van der Waals surface area contributed by atoms with Crippen molar-refractivity contribution < 1.29 is 0 Å². The summed E-state index contributed by atoms with van der Waals surface area (Å²) in [5.41, 5.74) is 7.08. The zero-order valence-corrected chi connectivity index (χ0v) is 14.8. The summed E-state index contributed by atoms with van der Waals surface area (Å²) in [4.78, 5) is 15.4. The summed E-state index contributed by atoms with van der Waals surface area (Å²) in [6.07, 6.45) is 10.7. The first kappa shape index (κ1) is 15.1. The fraction of sp³-hybridized carbons (Fsp3) is 0.533. The first-order valence-electron chi connectivity index (χ1n) is 7.92. The van der Waals surface area contributed by atoms with Gasteiger partial charge in [-0.1, -0.05) is 0 Å². The van der Waals surface area contributed by atoms with Gasteiger partial charge in [-0.25, -0.2) is 15.0 Å². The largest absolute Gasteiger partial charge is 0.328 e. The van der Waals surface area contributed by atoms with Crippen LogP contribution in [0.4, 0.5) is 11.9 Å². The van der Waals surface area contributed by atoms with Crippen LogP contribution in [-0.4, -0.2) is 37.2 Å². The molecule has 2 atom stereocenters. The van der Waals surface area contributed by atoms with Crippen molar-refractivity contribution in [3.8, 4) is 0 Å². The minimum Gasteiger partial charge on any atom is -0.328 e. The predicted molar refractivity (Wildman–Crippen MR) is 94.3 cm³/mol. The van der Waals surface area contributed by atoms with Gasteiger partial charge in [-0.15, -0.1) is 10.2 Å². The molecule has 0 unspecified atom stereocenters. The molecule has 0 radical (unpaired) electrons. The lowest BCUT2D eigenvalue weighted by molar-refractivity contribution is 0.623. The van der Waals surface area contributed by atoms with Crippen LogP contribution < -0.4 is 10.6 Å². The van der Waals surface area contributed by atoms with E-state index in [4.69, 9.17) is 5.73 Å². The maximum atomic E-state index is 6.09. The Balaban J connectivity index is 1.67. The molecule has 7 nitrogen and oxygen atoms in total. The zero-order valence-electron chi connectivity index (χ0n) is 12.6. The Hall–Kier alpha value is -1.42. The molecule has 0 aliphatic heterocycles. The average molecular weight is 423 g/mol. The van der Waals surface area contributed by atoms with Gasteiger partial charge in [-0.2, -0.15) is 0 Å². The van der Waals surface area contributed by atoms with Crippen molar-refractivity contribution in [1.82, 2.24) is 25.1 Å². The van der Waals surface area contributed by atoms with Crippen LogP contribution in [0.25, 0.3) is 0 Å². The molecule has 2 N–H and O–H groups in total. The van der Waals surface area contributed by atoms with Crippen LogP contribution in [0.15, 0.2) is 18.6 Å². The molecule has 2 heterocycles. The molecule has 0 spiro atoms. The summed E-state index contributed by atoms with van der Waals surface area (Å²) in [7, 11) is 0. The van der Waals surface area contributed by atoms with Crippen LogP contribution in [0.2, 0.25) is 0 Å². The summed E-state index contributed by atoms with van der Waals surface area (Å²) < 4.78 is 0.998. The highest BCUT2D eigenvalue weighted by molar-refractivity contribution is 14.1. The van der Waals surface area contributed by atoms with Crippen molar-refractivity contribution in [2.45, 2.75) is 50.1 Å². The minimum absolute atomic E-state index is 0.213. The number of aromatic nitrogens is 5. The maximum absolute atomic E-state index is 6.09. The Morgan fingerprint density at radius 1 is 0.957 bits per heavy atom. The molecule has 0 amide bonds. The van der Waals surface area contributed by atoms with Gasteiger partial charge in [0.2, 0.25) is 5.95 Å². The second-order valence-electron chi connectivity index (χ2n) is 6.26. The van der Waals surface area contributed by atoms with Gasteiger partial charge in [0.15, 0.2) is 0 Å². The van der Waals surface area contributed by atoms with Crippen LogP contribution in [0.3, 0.4) is 0 Å². The molecule has 2 aromatic rings. The smallest absolute Gasteiger partial charge is 0.252 e. The Morgan fingerprint density at radius 3 is 2.26 bits per heavy atom. The molecular formula is C15H18IN7. The van der Waals surface area contributed by atoms with Gasteiger partial charge in [-0.05, 0) is 54.7 Å². The number of halogens is 1. The van der Waals surface area contributed by atoms with E-state index in [1.165, 1.54) is 12.8 Å². The molecule has 0 saturated heterocycles. The lowest BCUT2D eigenvalue weighted by Crippen LogP contribution is -2.33. The SMILES string of the molecule is N[C@H]1CC[C@H](N(c2ncc(I)cn2)c2ncc(C3CC3)nn2)C1. The highest BCUT2D eigenvalue weighted by Crippen LogP contribution is 2.38. The summed E-state index contributed by atoms with van der Waals surface area (Å²) in [6, 6.07) is 0.434. The van der Waals surface area contributed by atoms with E-state index in [1.54, 1.807) is 12.4 Å². The van der Waals surface area contributed by atoms with E-state index in [1.807, 2.05) is 11.1 Å². The Labute approximate surface area is 148 Å². The third-order valence-electron chi connectivity index (χ3n) is 4.41. The normalized spacial score (nSPS) is 23.9. The van der Waals surface area contributed by atoms with Crippen molar-refractivity contribution in [3.63, 3.8) is 0 Å². The molecule has 2 aliphatic carbocycles. The van der Waals surface area contributed by atoms with Gasteiger partial charge in [-0.3, -0.25) is 4.90 Å². The first-order valence-corrected chi connectivity index (χ1v) is 9.00. The van der Waals surface area contributed by atoms with Gasteiger partial charge in [0.05, 0.1) is 11.9 Å². The van der Waals surface area contributed by atoms with Crippen LogP contribution >= 0.6 is 22.6 Å². The van der Waals surface area contributed by atoms with Gasteiger partial charge in [0, 0.05) is 34.0 Å². The number of nitrogens with two attached hydrogens (primary N) is 1. The van der Waals surface area contributed by atoms with Gasteiger partial charge in [0.25, 0.3) is 5.95 Å². The molecule has 8 heteroatoms. The Morgan fingerprint density at radius 2 is 1.70 bits per heavy atom. The highest BCUT2D eigenvalue weighted by atomic mass is 127. The lowest BCUT2D eigenvalue weighted by atomic mass is 10.2. The molecule has 120 valence electrons. The van der Waals surface area contributed by atoms with E-state index in [2.05, 4.69) is 47.7 Å². The van der Waals surface area contributed by atoms with Crippen LogP contribution in [0.5, 0.6) is 0 Å². The minimum atomic E-state index is 0.213. The van der Waals surface area contributed by atoms with Gasteiger partial charge in [0.1, 0.15) is 0 Å². The standard InChI is InChI=1S/C15H18IN7/c16-10-6-18-14(19-7-10)23(12-4-3-11(17)5-12)15-20-8-13(21-22-15)9-1-2-9/h6-9,11-12H,1-5,17H2/t11-,12-/m0/s1. The lowest BCUT2D eigenvalue weighted by Gasteiger charge is -2.26. The monoisotopic (exact) mass is 423 g/mol. The van der Waals surface area contributed by atoms with Crippen molar-refractivity contribution in [3.05, 3.63) is 27.9 Å². The third-order valence-corrected chi connectivity index (χ3v) is 4.97. The van der Waals surface area contributed by atoms with E-state index in [0.717, 1.165) is 28.5 Å². The van der Waals surface area contributed by atoms with Crippen LogP contribution in [-0.2, 0) is 0 Å². The molecule has 2 saturated carbocycles. The summed E-state index contributed by atoms with van der Waals surface area (Å²) in [6.45, 7) is 0. The number of nitrogens with zero attached hydrogens (tertiary/aromatic N) is 6. The number of anilines is 2. The number of hydrogen-bond acceptors (Lipinski definition) is 7. The second kappa shape index (κ2) is 6.23. The van der Waals surface area contributed by atoms with Gasteiger partial charge < -0.3 is 5.73 Å². The summed E-state index contributed by atoms with van der Waals surface area (Å²) >= 11 is 2.20. The van der Waals surface area contributed by atoms with Crippen molar-refractivity contribution in [2.75, 3.05) is 4.90 Å². The third kappa shape index (κ3) is 3.27. The molecule has 4 rings (SSSR count). The fourth-order valence-electron chi connectivity index (χ4n) is 3.03. The summed E-state index contributed by atoms with van der Waals surface area (Å²) in [5, 5.41) is 8.70. The molecule has 2 fully saturated rings. The molecular weight excluding hydrogens is 405 g/mol. The van der Waals surface area contributed by atoms with E-state index in [9.17, 15) is 0 Å². The van der Waals surface area contributed by atoms with E-state index in [-0.39, 0.29) is 12.1 Å². The quantitative estimate of drug-likeness (QED) is 0.754. The Bertz CT molecular complexity index is 671. The Kier molecular flexibility index (Phi) is 4.10. The van der Waals surface area contributed by atoms with Crippen LogP contribution in [0, 0.1) is 3.57 Å². The highest BCUT2D eigenvalue weighted by Gasteiger charge is 2.32. The number of hydrogen-bond donors (Lipinski definition) is 1. The van der Waals surface area contributed by atoms with Crippen molar-refractivity contribution in [1.29, 1.82) is 0 Å². The zero-order chi connectivity index (χ0) is 15.8. The van der Waals surface area contributed by atoms with Gasteiger partial charge >= 0.3 is 0 Å². The molecule has 0 aromatic carbocycles. The topological polar surface area (TPSA) is 93.7 Å². The van der Waals surface area contributed by atoms with E-state index >= 15 is 0 Å². The van der Waals surface area contributed by atoms with E-state index in [0.29, 0.717) is 17.8 Å². The molecule has 2 aromatic heterocycles. The molecule has 2 aliphatic rings. The molecule has 23 heavy (non-hydrogen) atoms. The average Bonchev–Trinajstić information content (AvgIpc) is 3.33. The van der Waals surface area contributed by atoms with Crippen LogP contribution in [0.1, 0.15) is 43.7 Å². The van der Waals surface area contributed by atoms with Crippen molar-refractivity contribution >= 4 is 34.5 Å².